The van der Waals surface area contributed by atoms with Crippen molar-refractivity contribution in [1.29, 1.82) is 0 Å². The fourth-order valence-corrected chi connectivity index (χ4v) is 5.98. The number of hydrogen-bond donors (Lipinski definition) is 1. The zero-order valence-electron chi connectivity index (χ0n) is 20.6. The van der Waals surface area contributed by atoms with E-state index in [2.05, 4.69) is 5.32 Å². The van der Waals surface area contributed by atoms with Gasteiger partial charge in [-0.2, -0.15) is 0 Å². The molecule has 1 N–H and O–H groups in total. The van der Waals surface area contributed by atoms with Crippen LogP contribution >= 0.6 is 11.6 Å². The Labute approximate surface area is 217 Å². The summed E-state index contributed by atoms with van der Waals surface area (Å²) in [5.74, 6) is 0.811. The molecule has 190 valence electrons. The molecule has 0 saturated heterocycles. The average Bonchev–Trinajstić information content (AvgIpc) is 2.82. The minimum Gasteiger partial charge on any atom is -0.497 e. The van der Waals surface area contributed by atoms with Gasteiger partial charge >= 0.3 is 0 Å². The second kappa shape index (κ2) is 10.0. The fourth-order valence-electron chi connectivity index (χ4n) is 4.25. The van der Waals surface area contributed by atoms with E-state index in [1.54, 1.807) is 49.6 Å². The van der Waals surface area contributed by atoms with Crippen molar-refractivity contribution in [2.45, 2.75) is 43.7 Å². The Morgan fingerprint density at radius 3 is 2.50 bits per heavy atom. The third-order valence-electron chi connectivity index (χ3n) is 6.03. The van der Waals surface area contributed by atoms with Crippen LogP contribution in [0.5, 0.6) is 11.5 Å². The number of carbonyl (C=O) groups is 1. The first kappa shape index (κ1) is 25.9. The van der Waals surface area contributed by atoms with Crippen LogP contribution in [-0.2, 0) is 14.8 Å². The number of aryl methyl sites for hydroxylation is 1. The minimum atomic E-state index is -4.08. The first-order valence-corrected chi connectivity index (χ1v) is 13.3. The van der Waals surface area contributed by atoms with Gasteiger partial charge in [0, 0.05) is 12.0 Å². The molecule has 1 atom stereocenters. The lowest BCUT2D eigenvalue weighted by molar-refractivity contribution is -0.120. The van der Waals surface area contributed by atoms with Gasteiger partial charge in [0.25, 0.3) is 10.0 Å². The van der Waals surface area contributed by atoms with Gasteiger partial charge in [-0.25, -0.2) is 8.42 Å². The molecule has 0 radical (unpaired) electrons. The molecule has 1 heterocycles. The Balaban J connectivity index is 1.67. The summed E-state index contributed by atoms with van der Waals surface area (Å²) in [6.07, 6.45) is 0.496. The highest BCUT2D eigenvalue weighted by Gasteiger charge is 2.36. The molecule has 0 aliphatic carbocycles. The van der Waals surface area contributed by atoms with E-state index in [-0.39, 0.29) is 15.6 Å². The van der Waals surface area contributed by atoms with Crippen LogP contribution in [0.2, 0.25) is 5.02 Å². The third kappa shape index (κ3) is 5.44. The predicted octanol–water partition coefficient (Wildman–Crippen LogP) is 5.27. The van der Waals surface area contributed by atoms with Crippen LogP contribution in [0.1, 0.15) is 37.4 Å². The number of nitrogens with zero attached hydrogens (tertiary/aromatic N) is 1. The molecule has 0 bridgehead atoms. The van der Waals surface area contributed by atoms with E-state index in [0.29, 0.717) is 17.9 Å². The summed E-state index contributed by atoms with van der Waals surface area (Å²) in [5, 5.41) is 3.24. The van der Waals surface area contributed by atoms with Gasteiger partial charge < -0.3 is 14.8 Å². The summed E-state index contributed by atoms with van der Waals surface area (Å²) in [6.45, 7) is 5.31. The Morgan fingerprint density at radius 1 is 1.14 bits per heavy atom. The zero-order valence-corrected chi connectivity index (χ0v) is 22.2. The van der Waals surface area contributed by atoms with Crippen molar-refractivity contribution in [3.8, 4) is 11.5 Å². The normalized spacial score (nSPS) is 16.4. The van der Waals surface area contributed by atoms with Gasteiger partial charge in [0.2, 0.25) is 5.91 Å². The first-order valence-electron chi connectivity index (χ1n) is 11.5. The number of carbonyl (C=O) groups excluding carboxylic acids is 1. The maximum Gasteiger partial charge on any atom is 0.264 e. The fraction of sp³-hybridized carbons (Fsp3) is 0.296. The number of halogens is 1. The van der Waals surface area contributed by atoms with Crippen LogP contribution in [0.3, 0.4) is 0 Å². The molecule has 9 heteroatoms. The number of ether oxygens (including phenoxy) is 2. The Hall–Kier alpha value is -3.23. The van der Waals surface area contributed by atoms with E-state index < -0.39 is 34.1 Å². The summed E-state index contributed by atoms with van der Waals surface area (Å²) in [7, 11) is -2.51. The number of hydrogen-bond acceptors (Lipinski definition) is 5. The quantitative estimate of drug-likeness (QED) is 0.451. The number of rotatable bonds is 7. The summed E-state index contributed by atoms with van der Waals surface area (Å²) >= 11 is 6.38. The highest BCUT2D eigenvalue weighted by molar-refractivity contribution is 7.92. The molecule has 0 aromatic heterocycles. The highest BCUT2D eigenvalue weighted by Crippen LogP contribution is 2.41. The van der Waals surface area contributed by atoms with Gasteiger partial charge in [0.15, 0.2) is 0 Å². The van der Waals surface area contributed by atoms with Crippen LogP contribution in [0.4, 0.5) is 5.69 Å². The van der Waals surface area contributed by atoms with Crippen molar-refractivity contribution in [2.24, 2.45) is 0 Å². The summed E-state index contributed by atoms with van der Waals surface area (Å²) in [4.78, 5) is 13.5. The number of para-hydroxylation sites is 1. The highest BCUT2D eigenvalue weighted by atomic mass is 35.5. The Kier molecular flexibility index (Phi) is 7.20. The van der Waals surface area contributed by atoms with Gasteiger partial charge in [0.05, 0.1) is 28.8 Å². The number of benzene rings is 3. The lowest BCUT2D eigenvalue weighted by Crippen LogP contribution is -2.45. The number of anilines is 1. The second-order valence-corrected chi connectivity index (χ2v) is 11.6. The van der Waals surface area contributed by atoms with Crippen LogP contribution < -0.4 is 19.1 Å². The van der Waals surface area contributed by atoms with Crippen molar-refractivity contribution in [3.05, 3.63) is 82.9 Å². The molecule has 1 aliphatic heterocycles. The Bertz CT molecular complexity index is 1370. The van der Waals surface area contributed by atoms with Crippen LogP contribution in [-0.4, -0.2) is 33.6 Å². The third-order valence-corrected chi connectivity index (χ3v) is 8.12. The van der Waals surface area contributed by atoms with Crippen molar-refractivity contribution in [3.63, 3.8) is 0 Å². The van der Waals surface area contributed by atoms with Gasteiger partial charge in [-0.1, -0.05) is 41.4 Å². The van der Waals surface area contributed by atoms with Crippen LogP contribution in [0.15, 0.2) is 71.6 Å². The number of amides is 1. The number of fused-ring (bicyclic) bond motifs is 1. The van der Waals surface area contributed by atoms with Gasteiger partial charge in [-0.05, 0) is 63.2 Å². The van der Waals surface area contributed by atoms with E-state index in [0.717, 1.165) is 15.4 Å². The standard InChI is InChI=1S/C27H29ClN2O5S/c1-18-9-12-20(13-10-18)36(32,33)30(24-8-6-5-7-22(24)28)17-26(31)29-23-16-27(2,3)35-25-14-11-19(34-4)15-21(23)25/h5-15,23H,16-17H2,1-4H3,(H,29,31). The maximum atomic E-state index is 13.7. The van der Waals surface area contributed by atoms with Crippen LogP contribution in [0.25, 0.3) is 0 Å². The smallest absolute Gasteiger partial charge is 0.264 e. The molecule has 4 rings (SSSR count). The van der Waals surface area contributed by atoms with Crippen molar-refractivity contribution < 1.29 is 22.7 Å². The van der Waals surface area contributed by atoms with Gasteiger partial charge in [-0.15, -0.1) is 0 Å². The largest absolute Gasteiger partial charge is 0.497 e. The SMILES string of the molecule is COc1ccc2c(c1)C(NC(=O)CN(c1ccccc1Cl)S(=O)(=O)c1ccc(C)cc1)CC(C)(C)O2. The van der Waals surface area contributed by atoms with Crippen molar-refractivity contribution >= 4 is 33.2 Å². The molecule has 1 aliphatic rings. The molecule has 3 aromatic carbocycles. The zero-order chi connectivity index (χ0) is 26.1. The topological polar surface area (TPSA) is 84.9 Å². The number of nitrogens with one attached hydrogen (secondary N) is 1. The molecule has 36 heavy (non-hydrogen) atoms. The molecule has 3 aromatic rings. The molecule has 0 fully saturated rings. The molecule has 0 spiro atoms. The predicted molar refractivity (Wildman–Crippen MR) is 140 cm³/mol. The molecule has 7 nitrogen and oxygen atoms in total. The summed E-state index contributed by atoms with van der Waals surface area (Å²) in [5.41, 5.74) is 1.39. The van der Waals surface area contributed by atoms with E-state index in [1.165, 1.54) is 12.1 Å². The van der Waals surface area contributed by atoms with Gasteiger partial charge in [-0.3, -0.25) is 9.10 Å². The maximum absolute atomic E-state index is 13.7. The molecule has 1 amide bonds. The van der Waals surface area contributed by atoms with Gasteiger partial charge in [0.1, 0.15) is 23.6 Å². The average molecular weight is 529 g/mol. The minimum absolute atomic E-state index is 0.0723. The summed E-state index contributed by atoms with van der Waals surface area (Å²) < 4.78 is 39.8. The molecular weight excluding hydrogens is 500 g/mol. The van der Waals surface area contributed by atoms with Crippen molar-refractivity contribution in [2.75, 3.05) is 18.0 Å². The monoisotopic (exact) mass is 528 g/mol. The lowest BCUT2D eigenvalue weighted by atomic mass is 9.89. The molecule has 1 unspecified atom stereocenters. The number of sulfonamides is 1. The summed E-state index contributed by atoms with van der Waals surface area (Å²) in [6, 6.07) is 18.1. The van der Waals surface area contributed by atoms with Crippen molar-refractivity contribution in [1.82, 2.24) is 5.32 Å². The number of methoxy groups -OCH3 is 1. The van der Waals surface area contributed by atoms with E-state index in [1.807, 2.05) is 32.9 Å². The lowest BCUT2D eigenvalue weighted by Gasteiger charge is -2.38. The van der Waals surface area contributed by atoms with E-state index in [4.69, 9.17) is 21.1 Å². The molecule has 0 saturated carbocycles. The van der Waals surface area contributed by atoms with E-state index in [9.17, 15) is 13.2 Å². The first-order chi connectivity index (χ1) is 17.0. The van der Waals surface area contributed by atoms with Crippen LogP contribution in [0, 0.1) is 6.92 Å². The Morgan fingerprint density at radius 2 is 1.83 bits per heavy atom. The van der Waals surface area contributed by atoms with E-state index >= 15 is 0 Å². The molecular formula is C27H29ClN2O5S. The second-order valence-electron chi connectivity index (χ2n) is 9.37.